The molecule has 4 heteroatoms. The van der Waals surface area contributed by atoms with Gasteiger partial charge in [0.1, 0.15) is 22.3 Å². The van der Waals surface area contributed by atoms with E-state index in [9.17, 15) is 0 Å². The van der Waals surface area contributed by atoms with Crippen molar-refractivity contribution >= 4 is 93.5 Å². The summed E-state index contributed by atoms with van der Waals surface area (Å²) in [5.41, 5.74) is 10.1. The van der Waals surface area contributed by atoms with Crippen molar-refractivity contribution in [1.29, 1.82) is 0 Å². The van der Waals surface area contributed by atoms with Gasteiger partial charge in [0.15, 0.2) is 0 Å². The summed E-state index contributed by atoms with van der Waals surface area (Å²) >= 11 is 0. The number of furan rings is 2. The number of hydrogen-bond donors (Lipinski definition) is 0. The van der Waals surface area contributed by atoms with Crippen molar-refractivity contribution in [3.8, 4) is 5.69 Å². The van der Waals surface area contributed by atoms with Gasteiger partial charge in [0.05, 0.1) is 16.7 Å². The van der Waals surface area contributed by atoms with Crippen LogP contribution in [0.5, 0.6) is 0 Å². The number of benzene rings is 8. The van der Waals surface area contributed by atoms with Gasteiger partial charge in [-0.2, -0.15) is 0 Å². The maximum absolute atomic E-state index is 6.45. The van der Waals surface area contributed by atoms with Crippen molar-refractivity contribution in [3.63, 3.8) is 0 Å². The maximum Gasteiger partial charge on any atom is 0.137 e. The summed E-state index contributed by atoms with van der Waals surface area (Å²) in [4.78, 5) is 2.37. The van der Waals surface area contributed by atoms with E-state index in [1.807, 2.05) is 24.3 Å². The number of aromatic nitrogens is 1. The normalized spacial score (nSPS) is 12.0. The number of hydrogen-bond acceptors (Lipinski definition) is 3. The third-order valence-electron chi connectivity index (χ3n) is 10.1. The van der Waals surface area contributed by atoms with E-state index in [4.69, 9.17) is 8.83 Å². The second-order valence-corrected chi connectivity index (χ2v) is 13.0. The maximum atomic E-state index is 6.45. The van der Waals surface area contributed by atoms with E-state index in [0.717, 1.165) is 82.9 Å². The highest BCUT2D eigenvalue weighted by atomic mass is 16.3. The van der Waals surface area contributed by atoms with Crippen LogP contribution < -0.4 is 4.90 Å². The number of para-hydroxylation sites is 5. The van der Waals surface area contributed by atoms with E-state index in [0.29, 0.717) is 0 Å². The van der Waals surface area contributed by atoms with Crippen LogP contribution in [0, 0.1) is 0 Å². The zero-order chi connectivity index (χ0) is 32.8. The fourth-order valence-corrected chi connectivity index (χ4v) is 7.90. The molecule has 0 aliphatic carbocycles. The van der Waals surface area contributed by atoms with Gasteiger partial charge in [0, 0.05) is 55.4 Å². The molecule has 0 radical (unpaired) electrons. The van der Waals surface area contributed by atoms with E-state index >= 15 is 0 Å². The van der Waals surface area contributed by atoms with Crippen LogP contribution >= 0.6 is 0 Å². The minimum absolute atomic E-state index is 0.856. The molecular formula is C46H28N2O2. The highest BCUT2D eigenvalue weighted by molar-refractivity contribution is 6.15. The van der Waals surface area contributed by atoms with Crippen molar-refractivity contribution in [2.24, 2.45) is 0 Å². The topological polar surface area (TPSA) is 34.5 Å². The van der Waals surface area contributed by atoms with E-state index in [1.165, 1.54) is 16.3 Å². The molecule has 11 rings (SSSR count). The summed E-state index contributed by atoms with van der Waals surface area (Å²) in [5, 5.41) is 9.17. The van der Waals surface area contributed by atoms with Gasteiger partial charge in [-0.25, -0.2) is 0 Å². The fraction of sp³-hybridized carbons (Fsp3) is 0. The third kappa shape index (κ3) is 3.93. The number of fused-ring (bicyclic) bond motifs is 10. The van der Waals surface area contributed by atoms with Crippen LogP contribution in [0.3, 0.4) is 0 Å². The van der Waals surface area contributed by atoms with Crippen LogP contribution in [0.1, 0.15) is 0 Å². The van der Waals surface area contributed by atoms with Crippen LogP contribution in [0.4, 0.5) is 17.1 Å². The van der Waals surface area contributed by atoms with Crippen molar-refractivity contribution < 1.29 is 8.83 Å². The largest absolute Gasteiger partial charge is 0.456 e. The van der Waals surface area contributed by atoms with Crippen molar-refractivity contribution in [3.05, 3.63) is 170 Å². The Hall–Kier alpha value is -6.78. The second kappa shape index (κ2) is 10.4. The Morgan fingerprint density at radius 3 is 1.82 bits per heavy atom. The quantitative estimate of drug-likeness (QED) is 0.192. The molecule has 0 spiro atoms. The predicted molar refractivity (Wildman–Crippen MR) is 208 cm³/mol. The molecule has 8 aromatic carbocycles. The zero-order valence-electron chi connectivity index (χ0n) is 26.9. The third-order valence-corrected chi connectivity index (χ3v) is 10.1. The van der Waals surface area contributed by atoms with Crippen LogP contribution in [0.2, 0.25) is 0 Å². The van der Waals surface area contributed by atoms with Gasteiger partial charge in [0.25, 0.3) is 0 Å². The van der Waals surface area contributed by atoms with E-state index in [-0.39, 0.29) is 0 Å². The molecule has 0 N–H and O–H groups in total. The summed E-state index contributed by atoms with van der Waals surface area (Å²) < 4.78 is 15.2. The molecule has 50 heavy (non-hydrogen) atoms. The highest BCUT2D eigenvalue weighted by Crippen LogP contribution is 2.45. The number of anilines is 3. The summed E-state index contributed by atoms with van der Waals surface area (Å²) in [6.07, 6.45) is 0. The Morgan fingerprint density at radius 1 is 0.380 bits per heavy atom. The summed E-state index contributed by atoms with van der Waals surface area (Å²) in [7, 11) is 0. The molecule has 11 aromatic rings. The zero-order valence-corrected chi connectivity index (χ0v) is 26.9. The molecule has 0 fully saturated rings. The Labute approximate surface area is 286 Å². The molecule has 0 aliphatic rings. The first-order valence-electron chi connectivity index (χ1n) is 16.9. The minimum Gasteiger partial charge on any atom is -0.456 e. The molecule has 3 heterocycles. The number of rotatable bonds is 4. The Morgan fingerprint density at radius 2 is 1.00 bits per heavy atom. The molecular weight excluding hydrogens is 613 g/mol. The highest BCUT2D eigenvalue weighted by Gasteiger charge is 2.23. The van der Waals surface area contributed by atoms with Gasteiger partial charge in [-0.05, 0) is 83.6 Å². The molecule has 0 aliphatic heterocycles. The summed E-state index contributed by atoms with van der Waals surface area (Å²) in [6, 6.07) is 60.2. The molecule has 4 nitrogen and oxygen atoms in total. The van der Waals surface area contributed by atoms with Gasteiger partial charge >= 0.3 is 0 Å². The van der Waals surface area contributed by atoms with Crippen LogP contribution in [-0.2, 0) is 0 Å². The summed E-state index contributed by atoms with van der Waals surface area (Å²) in [6.45, 7) is 0. The molecule has 0 atom stereocenters. The molecule has 0 amide bonds. The van der Waals surface area contributed by atoms with Gasteiger partial charge in [0.2, 0.25) is 0 Å². The smallest absolute Gasteiger partial charge is 0.137 e. The minimum atomic E-state index is 0.856. The van der Waals surface area contributed by atoms with Crippen LogP contribution in [0.15, 0.2) is 179 Å². The fourth-order valence-electron chi connectivity index (χ4n) is 7.90. The second-order valence-electron chi connectivity index (χ2n) is 13.0. The SMILES string of the molecule is c1ccc(-n2c3ccccc3c3cccc(N(c4ccc5cc6c(cc5c4)oc4ccccc46)c4ccc5c(c4)oc4ccccc45)c32)cc1. The molecule has 0 bridgehead atoms. The Bertz CT molecular complexity index is 3110. The number of nitrogens with zero attached hydrogens (tertiary/aromatic N) is 2. The standard InChI is InChI=1S/C46H28N2O2/c1-2-11-31(12-3-1)48-40-17-7-4-13-34(40)38-16-10-18-41(46(38)48)47(33-23-24-37-35-14-5-8-19-42(35)50-45(37)28-33)32-22-21-29-26-39-36-15-6-9-20-43(36)49-44(39)27-30(29)25-32/h1-28H. The van der Waals surface area contributed by atoms with Crippen LogP contribution in [0.25, 0.3) is 82.1 Å². The van der Waals surface area contributed by atoms with Crippen LogP contribution in [-0.4, -0.2) is 4.57 Å². The lowest BCUT2D eigenvalue weighted by Gasteiger charge is -2.27. The molecule has 0 unspecified atom stereocenters. The summed E-state index contributed by atoms with van der Waals surface area (Å²) in [5.74, 6) is 0. The van der Waals surface area contributed by atoms with Gasteiger partial charge in [-0.1, -0.05) is 91.0 Å². The first kappa shape index (κ1) is 27.2. The molecule has 0 saturated carbocycles. The molecule has 0 saturated heterocycles. The monoisotopic (exact) mass is 640 g/mol. The average Bonchev–Trinajstić information content (AvgIpc) is 3.83. The van der Waals surface area contributed by atoms with E-state index in [1.54, 1.807) is 0 Å². The van der Waals surface area contributed by atoms with E-state index in [2.05, 4.69) is 155 Å². The molecule has 234 valence electrons. The van der Waals surface area contributed by atoms with Gasteiger partial charge in [-0.3, -0.25) is 0 Å². The van der Waals surface area contributed by atoms with Crippen molar-refractivity contribution in [2.75, 3.05) is 4.90 Å². The van der Waals surface area contributed by atoms with Crippen molar-refractivity contribution in [2.45, 2.75) is 0 Å². The predicted octanol–water partition coefficient (Wildman–Crippen LogP) is 13.2. The average molecular weight is 641 g/mol. The first-order chi connectivity index (χ1) is 24.8. The van der Waals surface area contributed by atoms with E-state index < -0.39 is 0 Å². The van der Waals surface area contributed by atoms with Gasteiger partial charge < -0.3 is 18.3 Å². The first-order valence-corrected chi connectivity index (χ1v) is 16.9. The molecule has 3 aromatic heterocycles. The van der Waals surface area contributed by atoms with Gasteiger partial charge in [-0.15, -0.1) is 0 Å². The lowest BCUT2D eigenvalue weighted by Crippen LogP contribution is -2.11. The Balaban J connectivity index is 1.22. The lowest BCUT2D eigenvalue weighted by molar-refractivity contribution is 0.669. The Kier molecular flexibility index (Phi) is 5.63. The van der Waals surface area contributed by atoms with Crippen molar-refractivity contribution in [1.82, 2.24) is 4.57 Å². The lowest BCUT2D eigenvalue weighted by atomic mass is 10.0.